The van der Waals surface area contributed by atoms with E-state index in [0.29, 0.717) is 11.5 Å². The average Bonchev–Trinajstić information content (AvgIpc) is 2.80. The van der Waals surface area contributed by atoms with Crippen molar-refractivity contribution in [3.8, 4) is 0 Å². The second-order valence-corrected chi connectivity index (χ2v) is 6.65. The van der Waals surface area contributed by atoms with Crippen molar-refractivity contribution in [2.45, 2.75) is 58.9 Å². The summed E-state index contributed by atoms with van der Waals surface area (Å²) in [6.07, 6.45) is 6.15. The third kappa shape index (κ3) is 3.00. The number of hydrogen-bond acceptors (Lipinski definition) is 1. The molecule has 1 aromatic carbocycles. The predicted octanol–water partition coefficient (Wildman–Crippen LogP) is 4.74. The maximum atomic E-state index is 13.4. The lowest BCUT2D eigenvalue weighted by atomic mass is 9.70. The minimum absolute atomic E-state index is 0.0386. The smallest absolute Gasteiger partial charge is 0.126 e. The molecule has 0 heterocycles. The largest absolute Gasteiger partial charge is 0.323 e. The van der Waals surface area contributed by atoms with E-state index in [1.807, 2.05) is 19.1 Å². The summed E-state index contributed by atoms with van der Waals surface area (Å²) >= 11 is 0. The van der Waals surface area contributed by atoms with E-state index in [9.17, 15) is 4.39 Å². The van der Waals surface area contributed by atoms with Crippen LogP contribution in [0.2, 0.25) is 0 Å². The average molecular weight is 263 g/mol. The van der Waals surface area contributed by atoms with E-state index in [1.165, 1.54) is 32.1 Å². The Labute approximate surface area is 116 Å². The standard InChI is InChI=1S/C17H26FN/c1-12(2)11-17(8-4-5-9-17)16(19)14-6-7-15(18)13(3)10-14/h6-7,10,12,16H,4-5,8-9,11,19H2,1-3H3. The molecule has 2 N–H and O–H groups in total. The summed E-state index contributed by atoms with van der Waals surface area (Å²) in [7, 11) is 0. The lowest BCUT2D eigenvalue weighted by Gasteiger charge is -2.37. The Morgan fingerprint density at radius 1 is 1.26 bits per heavy atom. The second-order valence-electron chi connectivity index (χ2n) is 6.65. The molecule has 106 valence electrons. The molecule has 1 atom stereocenters. The van der Waals surface area contributed by atoms with Crippen LogP contribution in [-0.4, -0.2) is 0 Å². The summed E-state index contributed by atoms with van der Waals surface area (Å²) < 4.78 is 13.4. The number of benzene rings is 1. The first-order valence-corrected chi connectivity index (χ1v) is 7.46. The Kier molecular flexibility index (Phi) is 4.29. The van der Waals surface area contributed by atoms with Gasteiger partial charge in [0.05, 0.1) is 0 Å². The van der Waals surface area contributed by atoms with E-state index in [1.54, 1.807) is 6.07 Å². The van der Waals surface area contributed by atoms with Gasteiger partial charge in [0.1, 0.15) is 5.82 Å². The summed E-state index contributed by atoms with van der Waals surface area (Å²) in [6.45, 7) is 6.35. The summed E-state index contributed by atoms with van der Waals surface area (Å²) in [4.78, 5) is 0. The van der Waals surface area contributed by atoms with Crippen molar-refractivity contribution < 1.29 is 4.39 Å². The first kappa shape index (κ1) is 14.5. The van der Waals surface area contributed by atoms with Crippen LogP contribution in [0.25, 0.3) is 0 Å². The van der Waals surface area contributed by atoms with Gasteiger partial charge >= 0.3 is 0 Å². The molecule has 0 spiro atoms. The van der Waals surface area contributed by atoms with Crippen LogP contribution in [0.15, 0.2) is 18.2 Å². The maximum absolute atomic E-state index is 13.4. The Bertz CT molecular complexity index is 433. The van der Waals surface area contributed by atoms with Crippen LogP contribution in [-0.2, 0) is 0 Å². The van der Waals surface area contributed by atoms with Gasteiger partial charge in [-0.25, -0.2) is 4.39 Å². The molecule has 2 rings (SSSR count). The Hall–Kier alpha value is -0.890. The van der Waals surface area contributed by atoms with Crippen LogP contribution >= 0.6 is 0 Å². The summed E-state index contributed by atoms with van der Waals surface area (Å²) in [5.74, 6) is 0.519. The molecule has 1 nitrogen and oxygen atoms in total. The highest BCUT2D eigenvalue weighted by Crippen LogP contribution is 2.50. The van der Waals surface area contributed by atoms with Crippen LogP contribution in [0.4, 0.5) is 4.39 Å². The number of halogens is 1. The molecule has 0 radical (unpaired) electrons. The Morgan fingerprint density at radius 2 is 1.89 bits per heavy atom. The Balaban J connectivity index is 2.28. The van der Waals surface area contributed by atoms with Gasteiger partial charge in [-0.3, -0.25) is 0 Å². The van der Waals surface area contributed by atoms with Crippen molar-refractivity contribution in [3.05, 3.63) is 35.1 Å². The lowest BCUT2D eigenvalue weighted by molar-refractivity contribution is 0.183. The highest BCUT2D eigenvalue weighted by Gasteiger charge is 2.40. The molecule has 0 aromatic heterocycles. The third-order valence-electron chi connectivity index (χ3n) is 4.61. The van der Waals surface area contributed by atoms with Gasteiger partial charge in [0, 0.05) is 6.04 Å². The fraction of sp³-hybridized carbons (Fsp3) is 0.647. The van der Waals surface area contributed by atoms with E-state index >= 15 is 0 Å². The molecular weight excluding hydrogens is 237 g/mol. The molecule has 1 fully saturated rings. The molecule has 1 aromatic rings. The fourth-order valence-electron chi connectivity index (χ4n) is 3.75. The highest BCUT2D eigenvalue weighted by atomic mass is 19.1. The topological polar surface area (TPSA) is 26.0 Å². The minimum atomic E-state index is -0.139. The first-order valence-electron chi connectivity index (χ1n) is 7.46. The van der Waals surface area contributed by atoms with E-state index in [4.69, 9.17) is 5.73 Å². The molecular formula is C17H26FN. The quantitative estimate of drug-likeness (QED) is 0.834. The second kappa shape index (κ2) is 5.62. The van der Waals surface area contributed by atoms with Crippen molar-refractivity contribution in [2.24, 2.45) is 17.1 Å². The molecule has 1 saturated carbocycles. The molecule has 1 aliphatic rings. The van der Waals surface area contributed by atoms with Crippen molar-refractivity contribution in [1.82, 2.24) is 0 Å². The first-order chi connectivity index (χ1) is 8.94. The van der Waals surface area contributed by atoms with Crippen molar-refractivity contribution in [2.75, 3.05) is 0 Å². The van der Waals surface area contributed by atoms with E-state index in [-0.39, 0.29) is 17.3 Å². The van der Waals surface area contributed by atoms with E-state index < -0.39 is 0 Å². The van der Waals surface area contributed by atoms with Gasteiger partial charge in [-0.2, -0.15) is 0 Å². The van der Waals surface area contributed by atoms with E-state index in [0.717, 1.165) is 5.56 Å². The van der Waals surface area contributed by atoms with Gasteiger partial charge in [0.15, 0.2) is 0 Å². The van der Waals surface area contributed by atoms with Gasteiger partial charge in [-0.1, -0.05) is 38.8 Å². The van der Waals surface area contributed by atoms with Gasteiger partial charge in [0.2, 0.25) is 0 Å². The number of nitrogens with two attached hydrogens (primary N) is 1. The van der Waals surface area contributed by atoms with Crippen LogP contribution in [0.1, 0.15) is 63.1 Å². The van der Waals surface area contributed by atoms with Gasteiger partial charge in [0.25, 0.3) is 0 Å². The normalized spacial score (nSPS) is 19.9. The van der Waals surface area contributed by atoms with Crippen LogP contribution in [0, 0.1) is 24.1 Å². The fourth-order valence-corrected chi connectivity index (χ4v) is 3.75. The molecule has 19 heavy (non-hydrogen) atoms. The van der Waals surface area contributed by atoms with Crippen molar-refractivity contribution >= 4 is 0 Å². The van der Waals surface area contributed by atoms with Crippen LogP contribution in [0.3, 0.4) is 0 Å². The number of aryl methyl sites for hydroxylation is 1. The monoisotopic (exact) mass is 263 g/mol. The number of rotatable bonds is 4. The summed E-state index contributed by atoms with van der Waals surface area (Å²) in [6, 6.07) is 5.40. The third-order valence-corrected chi connectivity index (χ3v) is 4.61. The SMILES string of the molecule is Cc1cc(C(N)C2(CC(C)C)CCCC2)ccc1F. The molecule has 1 aliphatic carbocycles. The van der Waals surface area contributed by atoms with Gasteiger partial charge < -0.3 is 5.73 Å². The Morgan fingerprint density at radius 3 is 2.42 bits per heavy atom. The van der Waals surface area contributed by atoms with Crippen LogP contribution < -0.4 is 5.73 Å². The molecule has 0 aliphatic heterocycles. The predicted molar refractivity (Wildman–Crippen MR) is 78.4 cm³/mol. The molecule has 0 bridgehead atoms. The molecule has 0 amide bonds. The summed E-state index contributed by atoms with van der Waals surface area (Å²) in [5.41, 5.74) is 8.60. The van der Waals surface area contributed by atoms with Gasteiger partial charge in [-0.05, 0) is 54.7 Å². The zero-order valence-electron chi connectivity index (χ0n) is 12.4. The molecule has 1 unspecified atom stereocenters. The van der Waals surface area contributed by atoms with Crippen molar-refractivity contribution in [3.63, 3.8) is 0 Å². The van der Waals surface area contributed by atoms with E-state index in [2.05, 4.69) is 13.8 Å². The van der Waals surface area contributed by atoms with Crippen LogP contribution in [0.5, 0.6) is 0 Å². The van der Waals surface area contributed by atoms with Crippen molar-refractivity contribution in [1.29, 1.82) is 0 Å². The van der Waals surface area contributed by atoms with Gasteiger partial charge in [-0.15, -0.1) is 0 Å². The highest BCUT2D eigenvalue weighted by molar-refractivity contribution is 5.28. The number of hydrogen-bond donors (Lipinski definition) is 1. The molecule has 0 saturated heterocycles. The summed E-state index contributed by atoms with van der Waals surface area (Å²) in [5, 5.41) is 0. The lowest BCUT2D eigenvalue weighted by Crippen LogP contribution is -2.33. The zero-order chi connectivity index (χ0) is 14.0. The zero-order valence-corrected chi connectivity index (χ0v) is 12.4. The maximum Gasteiger partial charge on any atom is 0.126 e. The minimum Gasteiger partial charge on any atom is -0.323 e. The molecule has 2 heteroatoms.